The minimum absolute atomic E-state index is 0.519. The van der Waals surface area contributed by atoms with Crippen LogP contribution in [0.15, 0.2) is 176 Å². The molecule has 6 rings (SSSR count). The summed E-state index contributed by atoms with van der Waals surface area (Å²) in [6, 6.07) is 46.6. The fraction of sp³-hybridized carbons (Fsp3) is 0.100. The van der Waals surface area contributed by atoms with Gasteiger partial charge in [-0.25, -0.2) is 0 Å². The van der Waals surface area contributed by atoms with Gasteiger partial charge in [-0.3, -0.25) is 0 Å². The van der Waals surface area contributed by atoms with Gasteiger partial charge in [0.25, 0.3) is 0 Å². The van der Waals surface area contributed by atoms with E-state index in [1.807, 2.05) is 159 Å². The lowest BCUT2D eigenvalue weighted by molar-refractivity contribution is 0.306. The van der Waals surface area contributed by atoms with Crippen molar-refractivity contribution in [2.45, 2.75) is 27.1 Å². The van der Waals surface area contributed by atoms with Crippen LogP contribution in [-0.2, 0) is 13.2 Å². The van der Waals surface area contributed by atoms with Crippen molar-refractivity contribution in [3.63, 3.8) is 0 Å². The molecule has 0 N–H and O–H groups in total. The molecule has 48 heavy (non-hydrogen) atoms. The second kappa shape index (κ2) is 15.8. The van der Waals surface area contributed by atoms with Crippen LogP contribution in [0.4, 0.5) is 34.1 Å². The van der Waals surface area contributed by atoms with Crippen molar-refractivity contribution in [3.8, 4) is 11.5 Å². The summed E-state index contributed by atoms with van der Waals surface area (Å²) in [5, 5.41) is 26.3. The third-order valence-corrected chi connectivity index (χ3v) is 7.36. The maximum atomic E-state index is 5.91. The molecule has 0 aliphatic rings. The Balaban J connectivity index is 0.992. The highest BCUT2D eigenvalue weighted by Crippen LogP contribution is 2.29. The van der Waals surface area contributed by atoms with Gasteiger partial charge in [-0.1, -0.05) is 60.7 Å². The smallest absolute Gasteiger partial charge is 0.120 e. The first-order valence-electron chi connectivity index (χ1n) is 15.6. The van der Waals surface area contributed by atoms with Crippen molar-refractivity contribution in [1.82, 2.24) is 0 Å². The van der Waals surface area contributed by atoms with Crippen molar-refractivity contribution in [1.29, 1.82) is 0 Å². The molecule has 0 aliphatic heterocycles. The molecule has 6 aromatic carbocycles. The lowest BCUT2D eigenvalue weighted by atomic mass is 10.2. The average Bonchev–Trinajstić information content (AvgIpc) is 3.13. The zero-order chi connectivity index (χ0) is 33.0. The number of azo groups is 3. The van der Waals surface area contributed by atoms with Crippen LogP contribution >= 0.6 is 0 Å². The van der Waals surface area contributed by atoms with E-state index in [4.69, 9.17) is 9.47 Å². The topological polar surface area (TPSA) is 92.6 Å². The van der Waals surface area contributed by atoms with Crippen molar-refractivity contribution in [2.75, 3.05) is 0 Å². The largest absolute Gasteiger partial charge is 0.489 e. The first-order chi connectivity index (χ1) is 23.6. The van der Waals surface area contributed by atoms with Crippen molar-refractivity contribution >= 4 is 34.1 Å². The van der Waals surface area contributed by atoms with Crippen LogP contribution in [0.2, 0.25) is 0 Å². The predicted molar refractivity (Wildman–Crippen MR) is 189 cm³/mol. The Kier molecular flexibility index (Phi) is 10.4. The van der Waals surface area contributed by atoms with E-state index in [1.54, 1.807) is 0 Å². The van der Waals surface area contributed by atoms with Crippen LogP contribution in [0.5, 0.6) is 11.5 Å². The van der Waals surface area contributed by atoms with Crippen LogP contribution in [0.25, 0.3) is 0 Å². The minimum atomic E-state index is 0.519. The summed E-state index contributed by atoms with van der Waals surface area (Å²) < 4.78 is 11.8. The zero-order valence-electron chi connectivity index (χ0n) is 26.8. The number of rotatable bonds is 12. The molecular formula is C40H34N6O2. The Hall–Kier alpha value is -6.28. The Bertz CT molecular complexity index is 1880. The van der Waals surface area contributed by atoms with Crippen molar-refractivity contribution < 1.29 is 9.47 Å². The zero-order valence-corrected chi connectivity index (χ0v) is 26.8. The summed E-state index contributed by atoms with van der Waals surface area (Å²) in [6.07, 6.45) is 0. The fourth-order valence-electron chi connectivity index (χ4n) is 4.65. The van der Waals surface area contributed by atoms with E-state index in [1.165, 1.54) is 0 Å². The molecule has 0 amide bonds. The lowest BCUT2D eigenvalue weighted by Crippen LogP contribution is -1.95. The van der Waals surface area contributed by atoms with E-state index < -0.39 is 0 Å². The molecule has 8 heteroatoms. The van der Waals surface area contributed by atoms with E-state index in [0.29, 0.717) is 24.6 Å². The highest BCUT2D eigenvalue weighted by Gasteiger charge is 2.03. The molecule has 0 unspecified atom stereocenters. The Morgan fingerprint density at radius 3 is 1.04 bits per heavy atom. The summed E-state index contributed by atoms with van der Waals surface area (Å²) in [5.74, 6) is 1.59. The molecule has 0 bridgehead atoms. The Morgan fingerprint density at radius 2 is 0.708 bits per heavy atom. The van der Waals surface area contributed by atoms with Gasteiger partial charge in [-0.05, 0) is 121 Å². The standard InChI is InChI=1S/C40H34N6O2/c1-29-25-37(47-27-31-9-5-3-6-10-31)21-23-39(29)45-43-35-17-13-33(14-18-35)41-42-34-15-19-36(20-16-34)44-46-40-24-22-38(26-30(40)2)48-28-32-11-7-4-8-12-32/h3-26H,27-28H2,1-2H3/b42-41+,45-43?,46-44?. The molecule has 0 aromatic heterocycles. The number of aryl methyl sites for hydroxylation is 2. The second-order valence-corrected chi connectivity index (χ2v) is 11.1. The van der Waals surface area contributed by atoms with Gasteiger partial charge in [-0.15, -0.1) is 0 Å². The number of hydrogen-bond donors (Lipinski definition) is 0. The molecule has 0 radical (unpaired) electrons. The number of benzene rings is 6. The Morgan fingerprint density at radius 1 is 0.375 bits per heavy atom. The van der Waals surface area contributed by atoms with E-state index in [-0.39, 0.29) is 0 Å². The maximum Gasteiger partial charge on any atom is 0.120 e. The summed E-state index contributed by atoms with van der Waals surface area (Å²) >= 11 is 0. The van der Waals surface area contributed by atoms with Crippen molar-refractivity contribution in [2.24, 2.45) is 30.7 Å². The van der Waals surface area contributed by atoms with Crippen LogP contribution in [0.3, 0.4) is 0 Å². The van der Waals surface area contributed by atoms with Gasteiger partial charge < -0.3 is 9.47 Å². The van der Waals surface area contributed by atoms with Crippen LogP contribution in [0.1, 0.15) is 22.3 Å². The van der Waals surface area contributed by atoms with E-state index in [0.717, 1.165) is 56.5 Å². The third kappa shape index (κ3) is 9.14. The highest BCUT2D eigenvalue weighted by molar-refractivity contribution is 5.53. The van der Waals surface area contributed by atoms with Gasteiger partial charge in [0.1, 0.15) is 24.7 Å². The van der Waals surface area contributed by atoms with Crippen LogP contribution < -0.4 is 9.47 Å². The first kappa shape index (κ1) is 31.7. The average molecular weight is 631 g/mol. The van der Waals surface area contributed by atoms with E-state index >= 15 is 0 Å². The monoisotopic (exact) mass is 630 g/mol. The quantitative estimate of drug-likeness (QED) is 0.126. The molecule has 0 heterocycles. The summed E-state index contributed by atoms with van der Waals surface area (Å²) in [4.78, 5) is 0. The molecule has 0 saturated heterocycles. The summed E-state index contributed by atoms with van der Waals surface area (Å²) in [7, 11) is 0. The molecule has 0 fully saturated rings. The predicted octanol–water partition coefficient (Wildman–Crippen LogP) is 12.7. The number of ether oxygens (including phenoxy) is 2. The molecule has 236 valence electrons. The molecule has 0 atom stereocenters. The fourth-order valence-corrected chi connectivity index (χ4v) is 4.65. The second-order valence-electron chi connectivity index (χ2n) is 11.1. The number of hydrogen-bond acceptors (Lipinski definition) is 8. The van der Waals surface area contributed by atoms with E-state index in [2.05, 4.69) is 30.7 Å². The van der Waals surface area contributed by atoms with Gasteiger partial charge in [0.15, 0.2) is 0 Å². The van der Waals surface area contributed by atoms with Gasteiger partial charge in [0.2, 0.25) is 0 Å². The minimum Gasteiger partial charge on any atom is -0.489 e. The number of nitrogens with zero attached hydrogens (tertiary/aromatic N) is 6. The van der Waals surface area contributed by atoms with Crippen molar-refractivity contribution in [3.05, 3.63) is 168 Å². The van der Waals surface area contributed by atoms with Gasteiger partial charge in [0, 0.05) is 0 Å². The maximum absolute atomic E-state index is 5.91. The SMILES string of the molecule is Cc1cc(OCc2ccccc2)ccc1N=Nc1ccc(/N=N/c2ccc(N=Nc3ccc(OCc4ccccc4)cc3C)cc2)cc1. The highest BCUT2D eigenvalue weighted by atomic mass is 16.5. The normalized spacial score (nSPS) is 11.5. The lowest BCUT2D eigenvalue weighted by Gasteiger charge is -2.08. The van der Waals surface area contributed by atoms with Crippen LogP contribution in [-0.4, -0.2) is 0 Å². The molecule has 6 aromatic rings. The molecule has 0 spiro atoms. The Labute approximate surface area is 280 Å². The van der Waals surface area contributed by atoms with E-state index in [9.17, 15) is 0 Å². The molecule has 8 nitrogen and oxygen atoms in total. The van der Waals surface area contributed by atoms with Gasteiger partial charge in [-0.2, -0.15) is 30.7 Å². The third-order valence-electron chi connectivity index (χ3n) is 7.36. The summed E-state index contributed by atoms with van der Waals surface area (Å²) in [5.41, 5.74) is 8.63. The molecule has 0 saturated carbocycles. The summed E-state index contributed by atoms with van der Waals surface area (Å²) in [6.45, 7) is 5.02. The van der Waals surface area contributed by atoms with Gasteiger partial charge in [0.05, 0.1) is 34.1 Å². The van der Waals surface area contributed by atoms with Crippen LogP contribution in [0, 0.1) is 13.8 Å². The first-order valence-corrected chi connectivity index (χ1v) is 15.6. The molecule has 0 aliphatic carbocycles. The van der Waals surface area contributed by atoms with Gasteiger partial charge >= 0.3 is 0 Å². The molecular weight excluding hydrogens is 596 g/mol.